The molecule has 2 aromatic rings. The van der Waals surface area contributed by atoms with Crippen molar-refractivity contribution < 1.29 is 23.8 Å². The zero-order valence-electron chi connectivity index (χ0n) is 17.0. The first-order chi connectivity index (χ1) is 14.4. The third kappa shape index (κ3) is 5.45. The molecular weight excluding hydrogens is 384 g/mol. The van der Waals surface area contributed by atoms with E-state index < -0.39 is 5.91 Å². The molecule has 0 radical (unpaired) electrons. The van der Waals surface area contributed by atoms with E-state index in [1.165, 1.54) is 0 Å². The van der Waals surface area contributed by atoms with Crippen LogP contribution in [0, 0.1) is 11.8 Å². The van der Waals surface area contributed by atoms with E-state index in [1.54, 1.807) is 30.3 Å². The Balaban J connectivity index is 1.41. The van der Waals surface area contributed by atoms with Crippen LogP contribution in [0.5, 0.6) is 17.2 Å². The van der Waals surface area contributed by atoms with Gasteiger partial charge in [0.25, 0.3) is 11.8 Å². The van der Waals surface area contributed by atoms with Crippen molar-refractivity contribution in [2.45, 2.75) is 25.9 Å². The van der Waals surface area contributed by atoms with Crippen molar-refractivity contribution in [2.75, 3.05) is 19.8 Å². The van der Waals surface area contributed by atoms with Gasteiger partial charge < -0.3 is 25.3 Å². The topological polar surface area (TPSA) is 99.9 Å². The molecule has 3 N–H and O–H groups in total. The Labute approximate surface area is 175 Å². The quantitative estimate of drug-likeness (QED) is 0.684. The monoisotopic (exact) mass is 408 g/mol. The van der Waals surface area contributed by atoms with Crippen LogP contribution in [-0.2, 0) is 11.2 Å². The van der Waals surface area contributed by atoms with E-state index >= 15 is 0 Å². The van der Waals surface area contributed by atoms with Gasteiger partial charge >= 0.3 is 0 Å². The molecule has 0 saturated heterocycles. The van der Waals surface area contributed by atoms with E-state index in [1.807, 2.05) is 26.0 Å². The van der Waals surface area contributed by atoms with Gasteiger partial charge in [-0.1, -0.05) is 36.1 Å². The normalized spacial score (nSPS) is 13.3. The average Bonchev–Trinajstić information content (AvgIpc) is 3.03. The predicted octanol–water partition coefficient (Wildman–Crippen LogP) is 2.08. The van der Waals surface area contributed by atoms with Crippen molar-refractivity contribution in [3.63, 3.8) is 0 Å². The summed E-state index contributed by atoms with van der Waals surface area (Å²) >= 11 is 0. The molecule has 1 aliphatic heterocycles. The highest BCUT2D eigenvalue weighted by Crippen LogP contribution is 2.41. The van der Waals surface area contributed by atoms with Gasteiger partial charge in [-0.15, -0.1) is 0 Å². The van der Waals surface area contributed by atoms with Crippen molar-refractivity contribution in [1.29, 1.82) is 0 Å². The first-order valence-electron chi connectivity index (χ1n) is 9.53. The number of fused-ring (bicyclic) bond motifs is 1. The van der Waals surface area contributed by atoms with Gasteiger partial charge in [0.1, 0.15) is 18.0 Å². The van der Waals surface area contributed by atoms with E-state index in [-0.39, 0.29) is 31.3 Å². The average molecular weight is 408 g/mol. The fraction of sp³-hybridized carbons (Fsp3) is 0.304. The van der Waals surface area contributed by atoms with Crippen molar-refractivity contribution in [3.8, 4) is 29.1 Å². The Morgan fingerprint density at radius 1 is 1.10 bits per heavy atom. The summed E-state index contributed by atoms with van der Waals surface area (Å²) in [7, 11) is 0. The Morgan fingerprint density at radius 3 is 2.67 bits per heavy atom. The first kappa shape index (κ1) is 21.1. The number of ether oxygens (including phenoxy) is 3. The Bertz CT molecular complexity index is 1000. The van der Waals surface area contributed by atoms with Crippen molar-refractivity contribution in [1.82, 2.24) is 5.32 Å². The number of benzene rings is 2. The zero-order valence-corrected chi connectivity index (χ0v) is 17.0. The molecule has 7 nitrogen and oxygen atoms in total. The van der Waals surface area contributed by atoms with Crippen LogP contribution in [0.3, 0.4) is 0 Å². The lowest BCUT2D eigenvalue weighted by atomic mass is 10.0. The summed E-state index contributed by atoms with van der Waals surface area (Å²) in [4.78, 5) is 23.3. The van der Waals surface area contributed by atoms with Gasteiger partial charge in [-0.05, 0) is 32.0 Å². The maximum Gasteiger partial charge on any atom is 0.258 e. The van der Waals surface area contributed by atoms with E-state index in [0.717, 1.165) is 12.0 Å². The molecule has 1 heterocycles. The highest BCUT2D eigenvalue weighted by atomic mass is 16.5. The van der Waals surface area contributed by atoms with Crippen LogP contribution in [-0.4, -0.2) is 37.2 Å². The Hall–Kier alpha value is -3.66. The van der Waals surface area contributed by atoms with Crippen molar-refractivity contribution in [2.24, 2.45) is 5.73 Å². The molecule has 2 amide bonds. The molecule has 0 aliphatic carbocycles. The molecular formula is C23H24N2O5. The maximum atomic E-state index is 12.0. The summed E-state index contributed by atoms with van der Waals surface area (Å²) in [5, 5.41) is 2.66. The molecule has 0 bridgehead atoms. The summed E-state index contributed by atoms with van der Waals surface area (Å²) in [5.41, 5.74) is 6.38. The second-order valence-electron chi connectivity index (χ2n) is 7.35. The molecule has 0 atom stereocenters. The lowest BCUT2D eigenvalue weighted by Gasteiger charge is -2.18. The molecule has 3 rings (SSSR count). The fourth-order valence-corrected chi connectivity index (χ4v) is 3.06. The van der Waals surface area contributed by atoms with Crippen LogP contribution in [0.2, 0.25) is 0 Å². The summed E-state index contributed by atoms with van der Waals surface area (Å²) in [6.45, 7) is 4.11. The number of primary amides is 1. The largest absolute Gasteiger partial charge is 0.483 e. The smallest absolute Gasteiger partial charge is 0.258 e. The third-order valence-electron chi connectivity index (χ3n) is 4.37. The Kier molecular flexibility index (Phi) is 6.48. The molecule has 2 aromatic carbocycles. The number of hydrogen-bond donors (Lipinski definition) is 2. The van der Waals surface area contributed by atoms with Gasteiger partial charge in [-0.3, -0.25) is 9.59 Å². The lowest BCUT2D eigenvalue weighted by Crippen LogP contribution is -2.29. The lowest BCUT2D eigenvalue weighted by molar-refractivity contribution is -0.122. The number of rotatable bonds is 7. The van der Waals surface area contributed by atoms with Crippen LogP contribution in [0.1, 0.15) is 29.8 Å². The van der Waals surface area contributed by atoms with Gasteiger partial charge in [0.2, 0.25) is 0 Å². The Morgan fingerprint density at radius 2 is 1.87 bits per heavy atom. The fourth-order valence-electron chi connectivity index (χ4n) is 3.06. The molecule has 1 aliphatic rings. The van der Waals surface area contributed by atoms with E-state index in [2.05, 4.69) is 17.2 Å². The van der Waals surface area contributed by atoms with Gasteiger partial charge in [0.15, 0.2) is 18.1 Å². The molecule has 0 spiro atoms. The number of carbonyl (C=O) groups excluding carboxylic acids is 2. The zero-order chi connectivity index (χ0) is 21.6. The summed E-state index contributed by atoms with van der Waals surface area (Å²) in [6, 6.07) is 12.3. The number of carbonyl (C=O) groups is 2. The van der Waals surface area contributed by atoms with Crippen LogP contribution in [0.15, 0.2) is 42.5 Å². The highest BCUT2D eigenvalue weighted by Gasteiger charge is 2.32. The number of hydrogen-bond acceptors (Lipinski definition) is 5. The minimum absolute atomic E-state index is 0.0694. The maximum absolute atomic E-state index is 12.0. The van der Waals surface area contributed by atoms with Crippen LogP contribution >= 0.6 is 0 Å². The van der Waals surface area contributed by atoms with Gasteiger partial charge in [0, 0.05) is 12.0 Å². The molecule has 0 saturated carbocycles. The number of para-hydroxylation sites is 2. The van der Waals surface area contributed by atoms with Crippen LogP contribution < -0.4 is 25.3 Å². The van der Waals surface area contributed by atoms with Crippen LogP contribution in [0.25, 0.3) is 0 Å². The van der Waals surface area contributed by atoms with Crippen LogP contribution in [0.4, 0.5) is 0 Å². The molecule has 0 unspecified atom stereocenters. The molecule has 0 aromatic heterocycles. The van der Waals surface area contributed by atoms with E-state index in [4.69, 9.17) is 19.9 Å². The van der Waals surface area contributed by atoms with Crippen molar-refractivity contribution >= 4 is 11.8 Å². The number of amides is 2. The van der Waals surface area contributed by atoms with Gasteiger partial charge in [-0.2, -0.15) is 0 Å². The second kappa shape index (κ2) is 9.23. The number of nitrogens with one attached hydrogen (secondary N) is 1. The number of nitrogens with two attached hydrogens (primary N) is 1. The van der Waals surface area contributed by atoms with Gasteiger partial charge in [0.05, 0.1) is 12.1 Å². The van der Waals surface area contributed by atoms with Gasteiger partial charge in [-0.25, -0.2) is 0 Å². The highest BCUT2D eigenvalue weighted by molar-refractivity contribution is 5.95. The second-order valence-corrected chi connectivity index (χ2v) is 7.35. The summed E-state index contributed by atoms with van der Waals surface area (Å²) in [6.07, 6.45) is 0.799. The minimum atomic E-state index is -0.566. The standard InChI is InChI=1S/C23H24N2O5/c1-23(2)14-16-8-7-11-19(21(16)30-23)29-15-20(26)25-12-5-6-13-28-18-10-4-3-9-17(18)22(24)27/h3-4,7-11H,12-15H2,1-2H3,(H2,24,27)(H,25,26). The predicted molar refractivity (Wildman–Crippen MR) is 112 cm³/mol. The minimum Gasteiger partial charge on any atom is -0.483 e. The van der Waals surface area contributed by atoms with Crippen molar-refractivity contribution in [3.05, 3.63) is 53.6 Å². The SMILES string of the molecule is CC1(C)Cc2cccc(OCC(=O)NCC#CCOc3ccccc3C(N)=O)c2O1. The molecule has 0 fully saturated rings. The summed E-state index contributed by atoms with van der Waals surface area (Å²) in [5.74, 6) is 6.32. The third-order valence-corrected chi connectivity index (χ3v) is 4.37. The van der Waals surface area contributed by atoms with E-state index in [0.29, 0.717) is 22.8 Å². The first-order valence-corrected chi connectivity index (χ1v) is 9.53. The molecule has 7 heteroatoms. The molecule has 156 valence electrons. The summed E-state index contributed by atoms with van der Waals surface area (Å²) < 4.78 is 17.0. The van der Waals surface area contributed by atoms with E-state index in [9.17, 15) is 9.59 Å². The molecule has 30 heavy (non-hydrogen) atoms.